The molecule has 0 aliphatic carbocycles. The third-order valence-corrected chi connectivity index (χ3v) is 3.42. The first-order chi connectivity index (χ1) is 5.99. The second kappa shape index (κ2) is 3.78. The second-order valence-electron chi connectivity index (χ2n) is 2.84. The van der Waals surface area contributed by atoms with E-state index in [1.54, 1.807) is 4.90 Å². The molecule has 0 bridgehead atoms. The van der Waals surface area contributed by atoms with E-state index in [1.807, 2.05) is 0 Å². The summed E-state index contributed by atoms with van der Waals surface area (Å²) in [6.07, 6.45) is 2.43. The van der Waals surface area contributed by atoms with Crippen molar-refractivity contribution >= 4 is 15.8 Å². The molecule has 1 fully saturated rings. The van der Waals surface area contributed by atoms with Gasteiger partial charge in [0.25, 0.3) is 0 Å². The van der Waals surface area contributed by atoms with Crippen molar-refractivity contribution in [2.45, 2.75) is 0 Å². The average Bonchev–Trinajstić information content (AvgIpc) is 2.02. The standard InChI is InChI=1S/C7H11NO4S/c9-7(10)1-2-8-3-5-13(11,12)6-4-8/h1-2H,3-6H2,(H,9,10). The van der Waals surface area contributed by atoms with Crippen molar-refractivity contribution in [2.24, 2.45) is 0 Å². The summed E-state index contributed by atoms with van der Waals surface area (Å²) in [5.41, 5.74) is 0. The highest BCUT2D eigenvalue weighted by Gasteiger charge is 2.19. The molecule has 0 aromatic carbocycles. The third-order valence-electron chi connectivity index (χ3n) is 1.81. The van der Waals surface area contributed by atoms with Crippen LogP contribution in [0.25, 0.3) is 0 Å². The summed E-state index contributed by atoms with van der Waals surface area (Å²) >= 11 is 0. The number of hydrogen-bond donors (Lipinski definition) is 1. The minimum Gasteiger partial charge on any atom is -0.478 e. The Hall–Kier alpha value is -1.04. The molecule has 1 aliphatic heterocycles. The fourth-order valence-corrected chi connectivity index (χ4v) is 2.27. The fraction of sp³-hybridized carbons (Fsp3) is 0.571. The van der Waals surface area contributed by atoms with Crippen LogP contribution in [0.15, 0.2) is 12.3 Å². The summed E-state index contributed by atoms with van der Waals surface area (Å²) in [7, 11) is -2.88. The summed E-state index contributed by atoms with van der Waals surface area (Å²) in [6, 6.07) is 0. The summed E-state index contributed by atoms with van der Waals surface area (Å²) in [6.45, 7) is 0.762. The molecule has 1 rings (SSSR count). The molecular formula is C7H11NO4S. The van der Waals surface area contributed by atoms with E-state index in [2.05, 4.69) is 0 Å². The molecule has 0 radical (unpaired) electrons. The van der Waals surface area contributed by atoms with E-state index < -0.39 is 15.8 Å². The van der Waals surface area contributed by atoms with E-state index in [-0.39, 0.29) is 11.5 Å². The van der Waals surface area contributed by atoms with Gasteiger partial charge in [0.15, 0.2) is 9.84 Å². The van der Waals surface area contributed by atoms with Gasteiger partial charge < -0.3 is 10.0 Å². The zero-order chi connectivity index (χ0) is 9.90. The second-order valence-corrected chi connectivity index (χ2v) is 5.15. The lowest BCUT2D eigenvalue weighted by Crippen LogP contribution is -2.36. The van der Waals surface area contributed by atoms with Crippen molar-refractivity contribution in [2.75, 3.05) is 24.6 Å². The Morgan fingerprint density at radius 1 is 1.31 bits per heavy atom. The predicted octanol–water partition coefficient (Wildman–Crippen LogP) is -0.685. The maximum atomic E-state index is 11.0. The molecule has 13 heavy (non-hydrogen) atoms. The number of carbonyl (C=O) groups is 1. The van der Waals surface area contributed by atoms with Gasteiger partial charge >= 0.3 is 5.97 Å². The molecule has 0 aromatic rings. The monoisotopic (exact) mass is 205 g/mol. The number of hydrogen-bond acceptors (Lipinski definition) is 4. The lowest BCUT2D eigenvalue weighted by Gasteiger charge is -2.24. The van der Waals surface area contributed by atoms with E-state index in [0.29, 0.717) is 13.1 Å². The lowest BCUT2D eigenvalue weighted by molar-refractivity contribution is -0.131. The van der Waals surface area contributed by atoms with Gasteiger partial charge in [-0.2, -0.15) is 0 Å². The van der Waals surface area contributed by atoms with Gasteiger partial charge in [0.05, 0.1) is 11.5 Å². The van der Waals surface area contributed by atoms with Gasteiger partial charge in [-0.15, -0.1) is 0 Å². The van der Waals surface area contributed by atoms with E-state index in [1.165, 1.54) is 6.20 Å². The largest absolute Gasteiger partial charge is 0.478 e. The summed E-state index contributed by atoms with van der Waals surface area (Å²) in [4.78, 5) is 11.8. The highest BCUT2D eigenvalue weighted by Crippen LogP contribution is 2.03. The molecular weight excluding hydrogens is 194 g/mol. The number of nitrogens with zero attached hydrogens (tertiary/aromatic N) is 1. The number of sulfone groups is 1. The topological polar surface area (TPSA) is 74.7 Å². The van der Waals surface area contributed by atoms with Crippen molar-refractivity contribution in [3.63, 3.8) is 0 Å². The van der Waals surface area contributed by atoms with E-state index in [9.17, 15) is 13.2 Å². The molecule has 0 saturated carbocycles. The van der Waals surface area contributed by atoms with Gasteiger partial charge in [-0.3, -0.25) is 0 Å². The van der Waals surface area contributed by atoms with Crippen LogP contribution in [0.4, 0.5) is 0 Å². The Morgan fingerprint density at radius 2 is 1.85 bits per heavy atom. The molecule has 5 nitrogen and oxygen atoms in total. The Kier molecular flexibility index (Phi) is 2.92. The minimum atomic E-state index is -2.88. The van der Waals surface area contributed by atoms with Crippen LogP contribution in [0.5, 0.6) is 0 Å². The number of rotatable bonds is 2. The molecule has 1 aliphatic rings. The zero-order valence-corrected chi connectivity index (χ0v) is 7.83. The number of aliphatic carboxylic acids is 1. The smallest absolute Gasteiger partial charge is 0.329 e. The van der Waals surface area contributed by atoms with Crippen LogP contribution >= 0.6 is 0 Å². The van der Waals surface area contributed by atoms with Crippen molar-refractivity contribution in [3.05, 3.63) is 12.3 Å². The maximum Gasteiger partial charge on any atom is 0.329 e. The molecule has 0 aromatic heterocycles. The van der Waals surface area contributed by atoms with Gasteiger partial charge in [-0.25, -0.2) is 13.2 Å². The van der Waals surface area contributed by atoms with Crippen molar-refractivity contribution in [1.29, 1.82) is 0 Å². The molecule has 1 N–H and O–H groups in total. The van der Waals surface area contributed by atoms with Gasteiger partial charge in [0.1, 0.15) is 0 Å². The Labute approximate surface area is 76.6 Å². The van der Waals surface area contributed by atoms with Crippen LogP contribution in [0.3, 0.4) is 0 Å². The third kappa shape index (κ3) is 3.45. The first-order valence-electron chi connectivity index (χ1n) is 3.85. The van der Waals surface area contributed by atoms with Crippen molar-refractivity contribution in [1.82, 2.24) is 4.90 Å². The Balaban J connectivity index is 2.46. The molecule has 0 spiro atoms. The van der Waals surface area contributed by atoms with Crippen molar-refractivity contribution in [3.8, 4) is 0 Å². The fourth-order valence-electron chi connectivity index (χ4n) is 1.04. The molecule has 1 saturated heterocycles. The normalized spacial score (nSPS) is 22.0. The van der Waals surface area contributed by atoms with Gasteiger partial charge in [0.2, 0.25) is 0 Å². The lowest BCUT2D eigenvalue weighted by atomic mass is 10.5. The van der Waals surface area contributed by atoms with Crippen LogP contribution in [0.2, 0.25) is 0 Å². The molecule has 6 heteroatoms. The van der Waals surface area contributed by atoms with E-state index in [4.69, 9.17) is 5.11 Å². The average molecular weight is 205 g/mol. The van der Waals surface area contributed by atoms with E-state index in [0.717, 1.165) is 6.08 Å². The van der Waals surface area contributed by atoms with Crippen LogP contribution in [-0.4, -0.2) is 49.0 Å². The van der Waals surface area contributed by atoms with Crippen LogP contribution in [0, 0.1) is 0 Å². The highest BCUT2D eigenvalue weighted by atomic mass is 32.2. The zero-order valence-electron chi connectivity index (χ0n) is 7.01. The van der Waals surface area contributed by atoms with Gasteiger partial charge in [-0.05, 0) is 0 Å². The number of carboxylic acid groups (broad SMARTS) is 1. The van der Waals surface area contributed by atoms with Crippen LogP contribution in [-0.2, 0) is 14.6 Å². The number of carboxylic acids is 1. The summed E-state index contributed by atoms with van der Waals surface area (Å²) in [5, 5.41) is 8.32. The predicted molar refractivity (Wildman–Crippen MR) is 47.0 cm³/mol. The molecule has 1 heterocycles. The maximum absolute atomic E-state index is 11.0. The van der Waals surface area contributed by atoms with Gasteiger partial charge in [-0.1, -0.05) is 0 Å². The minimum absolute atomic E-state index is 0.108. The molecule has 0 atom stereocenters. The van der Waals surface area contributed by atoms with Crippen molar-refractivity contribution < 1.29 is 18.3 Å². The van der Waals surface area contributed by atoms with E-state index >= 15 is 0 Å². The SMILES string of the molecule is O=C(O)C=CN1CCS(=O)(=O)CC1. The first-order valence-corrected chi connectivity index (χ1v) is 5.67. The summed E-state index contributed by atoms with van der Waals surface area (Å²) in [5.74, 6) is -0.804. The van der Waals surface area contributed by atoms with Gasteiger partial charge in [0, 0.05) is 25.4 Å². The molecule has 74 valence electrons. The highest BCUT2D eigenvalue weighted by molar-refractivity contribution is 7.91. The van der Waals surface area contributed by atoms with Crippen LogP contribution in [0.1, 0.15) is 0 Å². The first kappa shape index (κ1) is 10.0. The Bertz CT molecular complexity index is 305. The molecule has 0 amide bonds. The summed E-state index contributed by atoms with van der Waals surface area (Å²) < 4.78 is 21.9. The quantitative estimate of drug-likeness (QED) is 0.604. The Morgan fingerprint density at radius 3 is 2.31 bits per heavy atom. The molecule has 0 unspecified atom stereocenters. The van der Waals surface area contributed by atoms with Crippen LogP contribution < -0.4 is 0 Å².